The first-order valence-corrected chi connectivity index (χ1v) is 8.35. The van der Waals surface area contributed by atoms with Crippen molar-refractivity contribution in [2.75, 3.05) is 11.4 Å². The quantitative estimate of drug-likeness (QED) is 0.747. The van der Waals surface area contributed by atoms with E-state index in [-0.39, 0.29) is 42.1 Å². The number of aryl methyl sites for hydroxylation is 2. The predicted octanol–water partition coefficient (Wildman–Crippen LogP) is -0.311. The number of carboxylic acids is 1. The minimum Gasteiger partial charge on any atom is -0.870 e. The van der Waals surface area contributed by atoms with Crippen LogP contribution in [0.4, 0.5) is 5.69 Å². The van der Waals surface area contributed by atoms with Gasteiger partial charge in [-0.15, -0.1) is 0 Å². The van der Waals surface area contributed by atoms with E-state index in [4.69, 9.17) is 5.11 Å². The summed E-state index contributed by atoms with van der Waals surface area (Å²) in [5.74, 6) is -0.800. The summed E-state index contributed by atoms with van der Waals surface area (Å²) in [4.78, 5) is 25.4. The molecule has 0 bridgehead atoms. The number of aliphatic carboxylic acids is 1. The Hall–Kier alpha value is -2.10. The molecule has 27 heavy (non-hydrogen) atoms. The van der Waals surface area contributed by atoms with Crippen molar-refractivity contribution in [3.63, 3.8) is 0 Å². The van der Waals surface area contributed by atoms with Crippen LogP contribution in [0.25, 0.3) is 0 Å². The van der Waals surface area contributed by atoms with Crippen LogP contribution in [0.3, 0.4) is 0 Å². The number of hydrogen-bond acceptors (Lipinski definition) is 3. The summed E-state index contributed by atoms with van der Waals surface area (Å²) in [5, 5.41) is 8.75. The zero-order valence-corrected chi connectivity index (χ0v) is 15.5. The van der Waals surface area contributed by atoms with Gasteiger partial charge in [-0.1, -0.05) is 30.3 Å². The molecule has 3 rings (SSSR count). The van der Waals surface area contributed by atoms with Crippen LogP contribution in [0.1, 0.15) is 40.7 Å². The smallest absolute Gasteiger partial charge is 0.870 e. The van der Waals surface area contributed by atoms with Crippen molar-refractivity contribution < 1.29 is 44.5 Å². The van der Waals surface area contributed by atoms with E-state index in [2.05, 4.69) is 6.07 Å². The number of amides is 1. The molecule has 0 saturated carbocycles. The first-order chi connectivity index (χ1) is 11.6. The third-order valence-corrected chi connectivity index (χ3v) is 4.43. The molecule has 1 aliphatic heterocycles. The second kappa shape index (κ2) is 11.6. The first kappa shape index (κ1) is 24.9. The van der Waals surface area contributed by atoms with Crippen molar-refractivity contribution in [2.24, 2.45) is 0 Å². The summed E-state index contributed by atoms with van der Waals surface area (Å²) in [6.07, 6.45) is 3.68. The summed E-state index contributed by atoms with van der Waals surface area (Å²) in [6.45, 7) is 0.733. The zero-order chi connectivity index (χ0) is 16.9. The number of fused-ring (bicyclic) bond motifs is 1. The fraction of sp³-hybridized carbons (Fsp3) is 0.300. The third-order valence-electron chi connectivity index (χ3n) is 4.43. The second-order valence-electron chi connectivity index (χ2n) is 6.13. The van der Waals surface area contributed by atoms with E-state index in [1.165, 1.54) is 5.56 Å². The molecule has 4 N–H and O–H groups in total. The van der Waals surface area contributed by atoms with E-state index in [1.54, 1.807) is 12.1 Å². The Morgan fingerprint density at radius 2 is 1.67 bits per heavy atom. The average Bonchev–Trinajstić information content (AvgIpc) is 2.82. The van der Waals surface area contributed by atoms with E-state index in [9.17, 15) is 9.59 Å². The number of carbonyl (C=O) groups excluding carboxylic acids is 1. The number of rotatable bonds is 4. The largest absolute Gasteiger partial charge is 1.00 e. The maximum absolute atomic E-state index is 12.9. The minimum atomic E-state index is -0.809. The fourth-order valence-corrected chi connectivity index (χ4v) is 3.12. The summed E-state index contributed by atoms with van der Waals surface area (Å²) in [7, 11) is 0. The van der Waals surface area contributed by atoms with Gasteiger partial charge in [0.05, 0.1) is 0 Å². The van der Waals surface area contributed by atoms with Crippen LogP contribution >= 0.6 is 0 Å². The number of carbonyl (C=O) groups is 2. The SMILES string of the molecule is O.O=C(O)CCc1ccc(C(=O)N2CCCCc3ccccc32)cc1.[Li+].[OH-]. The Morgan fingerprint density at radius 1 is 1.00 bits per heavy atom. The Morgan fingerprint density at radius 3 is 2.33 bits per heavy atom. The van der Waals surface area contributed by atoms with Gasteiger partial charge >= 0.3 is 24.8 Å². The van der Waals surface area contributed by atoms with Crippen LogP contribution in [-0.4, -0.2) is 34.5 Å². The number of nitrogens with zero attached hydrogens (tertiary/aromatic N) is 1. The van der Waals surface area contributed by atoms with Gasteiger partial charge in [0, 0.05) is 24.2 Å². The maximum atomic E-state index is 12.9. The molecule has 0 spiro atoms. The number of carboxylic acid groups (broad SMARTS) is 1. The molecule has 7 heteroatoms. The Labute approximate surface area is 171 Å². The van der Waals surface area contributed by atoms with Crippen molar-refractivity contribution in [2.45, 2.75) is 32.1 Å². The van der Waals surface area contributed by atoms with Gasteiger partial charge in [0.25, 0.3) is 5.91 Å². The van der Waals surface area contributed by atoms with Gasteiger partial charge in [0.1, 0.15) is 0 Å². The van der Waals surface area contributed by atoms with Crippen LogP contribution < -0.4 is 23.8 Å². The van der Waals surface area contributed by atoms with Crippen LogP contribution in [0.5, 0.6) is 0 Å². The number of para-hydroxylation sites is 1. The Bertz CT molecular complexity index is 748. The normalized spacial score (nSPS) is 12.4. The van der Waals surface area contributed by atoms with Crippen LogP contribution in [0.15, 0.2) is 48.5 Å². The number of benzene rings is 2. The summed E-state index contributed by atoms with van der Waals surface area (Å²) in [5.41, 5.74) is 3.81. The molecule has 0 fully saturated rings. The molecule has 140 valence electrons. The van der Waals surface area contributed by atoms with Crippen molar-refractivity contribution >= 4 is 17.6 Å². The van der Waals surface area contributed by atoms with Gasteiger partial charge in [-0.3, -0.25) is 9.59 Å². The Balaban J connectivity index is 0.00000225. The summed E-state index contributed by atoms with van der Waals surface area (Å²) in [6, 6.07) is 15.4. The van der Waals surface area contributed by atoms with Crippen molar-refractivity contribution in [3.05, 3.63) is 65.2 Å². The molecule has 2 aromatic rings. The molecular formula is C20H24LiNO5. The number of hydrogen-bond donors (Lipinski definition) is 1. The van der Waals surface area contributed by atoms with Gasteiger partial charge in [0.15, 0.2) is 0 Å². The molecule has 6 nitrogen and oxygen atoms in total. The van der Waals surface area contributed by atoms with E-state index < -0.39 is 5.97 Å². The second-order valence-corrected chi connectivity index (χ2v) is 6.13. The Kier molecular flexibility index (Phi) is 10.7. The molecule has 1 amide bonds. The van der Waals surface area contributed by atoms with Crippen molar-refractivity contribution in [3.8, 4) is 0 Å². The minimum absolute atomic E-state index is 0. The van der Waals surface area contributed by atoms with Gasteiger partial charge in [-0.05, 0) is 55.0 Å². The van der Waals surface area contributed by atoms with E-state index in [0.717, 1.165) is 37.1 Å². The van der Waals surface area contributed by atoms with E-state index >= 15 is 0 Å². The van der Waals surface area contributed by atoms with Gasteiger partial charge in [-0.2, -0.15) is 0 Å². The third kappa shape index (κ3) is 6.23. The number of anilines is 1. The van der Waals surface area contributed by atoms with Crippen LogP contribution in [-0.2, 0) is 17.6 Å². The predicted molar refractivity (Wildman–Crippen MR) is 99.0 cm³/mol. The van der Waals surface area contributed by atoms with E-state index in [1.807, 2.05) is 35.2 Å². The molecule has 0 unspecified atom stereocenters. The standard InChI is InChI=1S/C20H21NO3.Li.2H2O/c22-19(23)13-10-15-8-11-17(12-9-15)20(24)21-14-4-3-6-16-5-1-2-7-18(16)21;;;/h1-2,5,7-9,11-12H,3-4,6,10,13-14H2,(H,22,23);;2*1H2/q;+1;;/p-1. The van der Waals surface area contributed by atoms with Crippen LogP contribution in [0.2, 0.25) is 0 Å². The van der Waals surface area contributed by atoms with Crippen molar-refractivity contribution in [1.29, 1.82) is 0 Å². The maximum Gasteiger partial charge on any atom is 1.00 e. The summed E-state index contributed by atoms with van der Waals surface area (Å²) >= 11 is 0. The average molecular weight is 365 g/mol. The zero-order valence-electron chi connectivity index (χ0n) is 15.5. The molecular weight excluding hydrogens is 341 g/mol. The molecule has 1 heterocycles. The molecule has 2 aromatic carbocycles. The van der Waals surface area contributed by atoms with Crippen LogP contribution in [0, 0.1) is 0 Å². The molecule has 0 atom stereocenters. The molecule has 0 radical (unpaired) electrons. The molecule has 0 aromatic heterocycles. The molecule has 1 aliphatic rings. The first-order valence-electron chi connectivity index (χ1n) is 8.35. The topological polar surface area (TPSA) is 119 Å². The van der Waals surface area contributed by atoms with Gasteiger partial charge in [-0.25, -0.2) is 0 Å². The molecule has 0 aliphatic carbocycles. The fourth-order valence-electron chi connectivity index (χ4n) is 3.12. The van der Waals surface area contributed by atoms with Gasteiger partial charge in [0.2, 0.25) is 0 Å². The molecule has 0 saturated heterocycles. The van der Waals surface area contributed by atoms with Gasteiger partial charge < -0.3 is 21.0 Å². The summed E-state index contributed by atoms with van der Waals surface area (Å²) < 4.78 is 0. The van der Waals surface area contributed by atoms with Crippen molar-refractivity contribution in [1.82, 2.24) is 0 Å². The van der Waals surface area contributed by atoms with E-state index in [0.29, 0.717) is 12.0 Å². The monoisotopic (exact) mass is 365 g/mol.